The fraction of sp³-hybridized carbons (Fsp3) is 0.222. The van der Waals surface area contributed by atoms with Crippen LogP contribution >= 0.6 is 11.6 Å². The first-order chi connectivity index (χ1) is 7.06. The largest absolute Gasteiger partial charge is 0.323 e. The monoisotopic (exact) mass is 225 g/mol. The van der Waals surface area contributed by atoms with Crippen LogP contribution in [0.5, 0.6) is 0 Å². The van der Waals surface area contributed by atoms with Crippen molar-refractivity contribution in [2.45, 2.75) is 12.5 Å². The number of nitrogens with two attached hydrogens (primary N) is 1. The number of benzene rings is 1. The van der Waals surface area contributed by atoms with E-state index in [1.807, 2.05) is 6.07 Å². The van der Waals surface area contributed by atoms with Crippen LogP contribution in [0.3, 0.4) is 0 Å². The normalized spacial score (nSPS) is 11.8. The first-order valence-electron chi connectivity index (χ1n) is 4.12. The van der Waals surface area contributed by atoms with Crippen LogP contribution in [-0.2, 0) is 0 Å². The molecular formula is C9H8ClN3O2. The molecule has 0 aliphatic carbocycles. The zero-order valence-electron chi connectivity index (χ0n) is 7.68. The van der Waals surface area contributed by atoms with Gasteiger partial charge in [-0.3, -0.25) is 10.1 Å². The van der Waals surface area contributed by atoms with Crippen molar-refractivity contribution in [1.29, 1.82) is 5.26 Å². The van der Waals surface area contributed by atoms with Crippen molar-refractivity contribution in [1.82, 2.24) is 0 Å². The molecule has 1 aromatic carbocycles. The van der Waals surface area contributed by atoms with Gasteiger partial charge < -0.3 is 5.73 Å². The average Bonchev–Trinajstić information content (AvgIpc) is 2.17. The Morgan fingerprint density at radius 2 is 2.33 bits per heavy atom. The molecule has 1 atom stereocenters. The Morgan fingerprint density at radius 3 is 2.87 bits per heavy atom. The third-order valence-electron chi connectivity index (χ3n) is 1.90. The zero-order chi connectivity index (χ0) is 11.4. The van der Waals surface area contributed by atoms with Crippen molar-refractivity contribution < 1.29 is 4.92 Å². The minimum atomic E-state index is -0.686. The maximum Gasteiger partial charge on any atom is 0.274 e. The fourth-order valence-corrected chi connectivity index (χ4v) is 1.38. The van der Waals surface area contributed by atoms with Crippen LogP contribution in [0.4, 0.5) is 5.69 Å². The smallest absolute Gasteiger partial charge is 0.274 e. The molecule has 6 heteroatoms. The van der Waals surface area contributed by atoms with E-state index in [0.29, 0.717) is 5.02 Å². The minimum Gasteiger partial charge on any atom is -0.323 e. The molecule has 0 aliphatic heterocycles. The number of rotatable bonds is 3. The molecule has 0 saturated carbocycles. The summed E-state index contributed by atoms with van der Waals surface area (Å²) in [5.41, 5.74) is 5.80. The molecule has 0 spiro atoms. The number of nitriles is 1. The van der Waals surface area contributed by atoms with Crippen molar-refractivity contribution in [3.05, 3.63) is 38.9 Å². The Kier molecular flexibility index (Phi) is 3.61. The van der Waals surface area contributed by atoms with Gasteiger partial charge in [-0.2, -0.15) is 5.26 Å². The highest BCUT2D eigenvalue weighted by atomic mass is 35.5. The van der Waals surface area contributed by atoms with Gasteiger partial charge in [0.2, 0.25) is 0 Å². The van der Waals surface area contributed by atoms with E-state index in [1.165, 1.54) is 18.2 Å². The van der Waals surface area contributed by atoms with Gasteiger partial charge in [0.15, 0.2) is 0 Å². The van der Waals surface area contributed by atoms with Gasteiger partial charge in [0.25, 0.3) is 5.69 Å². The predicted octanol–water partition coefficient (Wildman–Crippen LogP) is 2.16. The molecule has 0 aromatic heterocycles. The minimum absolute atomic E-state index is 0.0151. The predicted molar refractivity (Wildman–Crippen MR) is 55.3 cm³/mol. The van der Waals surface area contributed by atoms with Gasteiger partial charge in [-0.15, -0.1) is 0 Å². The van der Waals surface area contributed by atoms with E-state index in [1.54, 1.807) is 0 Å². The van der Waals surface area contributed by atoms with E-state index in [4.69, 9.17) is 22.6 Å². The summed E-state index contributed by atoms with van der Waals surface area (Å²) in [4.78, 5) is 10.1. The molecular weight excluding hydrogens is 218 g/mol. The molecule has 0 saturated heterocycles. The summed E-state index contributed by atoms with van der Waals surface area (Å²) >= 11 is 5.70. The summed E-state index contributed by atoms with van der Waals surface area (Å²) in [6, 6.07) is 5.30. The molecule has 0 aliphatic rings. The molecule has 0 fully saturated rings. The Labute approximate surface area is 91.2 Å². The lowest BCUT2D eigenvalue weighted by atomic mass is 10.0. The quantitative estimate of drug-likeness (QED) is 0.630. The second kappa shape index (κ2) is 4.73. The van der Waals surface area contributed by atoms with Gasteiger partial charge in [0.05, 0.1) is 17.4 Å². The maximum absolute atomic E-state index is 10.7. The second-order valence-electron chi connectivity index (χ2n) is 2.93. The summed E-state index contributed by atoms with van der Waals surface area (Å²) in [5.74, 6) is 0. The molecule has 0 heterocycles. The molecule has 0 amide bonds. The van der Waals surface area contributed by atoms with Crippen LogP contribution in [0.25, 0.3) is 0 Å². The lowest BCUT2D eigenvalue weighted by Crippen LogP contribution is -2.11. The van der Waals surface area contributed by atoms with Crippen LogP contribution in [0.15, 0.2) is 18.2 Å². The standard InChI is InChI=1S/C9H8ClN3O2/c10-6-1-2-9(13(14)15)7(5-6)8(12)3-4-11/h1-2,5,8H,3,12H2/t8-/m0/s1. The lowest BCUT2D eigenvalue weighted by molar-refractivity contribution is -0.385. The van der Waals surface area contributed by atoms with Crippen molar-refractivity contribution in [2.24, 2.45) is 5.73 Å². The number of halogens is 1. The van der Waals surface area contributed by atoms with Crippen molar-refractivity contribution >= 4 is 17.3 Å². The van der Waals surface area contributed by atoms with Gasteiger partial charge in [-0.25, -0.2) is 0 Å². The molecule has 0 unspecified atom stereocenters. The molecule has 15 heavy (non-hydrogen) atoms. The van der Waals surface area contributed by atoms with Gasteiger partial charge in [0, 0.05) is 22.7 Å². The summed E-state index contributed by atoms with van der Waals surface area (Å²) < 4.78 is 0. The molecule has 0 bridgehead atoms. The van der Waals surface area contributed by atoms with E-state index in [9.17, 15) is 10.1 Å². The first-order valence-corrected chi connectivity index (χ1v) is 4.50. The van der Waals surface area contributed by atoms with Crippen LogP contribution < -0.4 is 5.73 Å². The molecule has 5 nitrogen and oxygen atoms in total. The van der Waals surface area contributed by atoms with Crippen molar-refractivity contribution in [2.75, 3.05) is 0 Å². The van der Waals surface area contributed by atoms with E-state index in [0.717, 1.165) is 0 Å². The third kappa shape index (κ3) is 2.65. The number of nitro groups is 1. The number of nitro benzene ring substituents is 1. The van der Waals surface area contributed by atoms with Crippen molar-refractivity contribution in [3.63, 3.8) is 0 Å². The highest BCUT2D eigenvalue weighted by Gasteiger charge is 2.19. The first kappa shape index (κ1) is 11.4. The molecule has 0 radical (unpaired) electrons. The Balaban J connectivity index is 3.19. The summed E-state index contributed by atoms with van der Waals surface area (Å²) in [5, 5.41) is 19.5. The number of hydrogen-bond donors (Lipinski definition) is 1. The Bertz CT molecular complexity index is 428. The lowest BCUT2D eigenvalue weighted by Gasteiger charge is -2.08. The number of hydrogen-bond acceptors (Lipinski definition) is 4. The summed E-state index contributed by atoms with van der Waals surface area (Å²) in [6.45, 7) is 0. The van der Waals surface area contributed by atoms with Gasteiger partial charge in [-0.05, 0) is 12.1 Å². The van der Waals surface area contributed by atoms with E-state index >= 15 is 0 Å². The molecule has 78 valence electrons. The molecule has 1 rings (SSSR count). The van der Waals surface area contributed by atoms with Crippen LogP contribution in [-0.4, -0.2) is 4.92 Å². The van der Waals surface area contributed by atoms with Gasteiger partial charge in [0.1, 0.15) is 0 Å². The highest BCUT2D eigenvalue weighted by molar-refractivity contribution is 6.30. The van der Waals surface area contributed by atoms with E-state index in [-0.39, 0.29) is 17.7 Å². The van der Waals surface area contributed by atoms with Crippen LogP contribution in [0.1, 0.15) is 18.0 Å². The van der Waals surface area contributed by atoms with E-state index in [2.05, 4.69) is 0 Å². The Hall–Kier alpha value is -1.64. The summed E-state index contributed by atoms with van der Waals surface area (Å²) in [6.07, 6.45) is 0.0151. The van der Waals surface area contributed by atoms with Crippen LogP contribution in [0.2, 0.25) is 5.02 Å². The fourth-order valence-electron chi connectivity index (χ4n) is 1.20. The Morgan fingerprint density at radius 1 is 1.67 bits per heavy atom. The van der Waals surface area contributed by atoms with Gasteiger partial charge in [-0.1, -0.05) is 11.6 Å². The van der Waals surface area contributed by atoms with Crippen LogP contribution in [0, 0.1) is 21.4 Å². The SMILES string of the molecule is N#CC[C@H](N)c1cc(Cl)ccc1[N+](=O)[O-]. The van der Waals surface area contributed by atoms with Gasteiger partial charge >= 0.3 is 0 Å². The molecule has 2 N–H and O–H groups in total. The zero-order valence-corrected chi connectivity index (χ0v) is 8.44. The third-order valence-corrected chi connectivity index (χ3v) is 2.13. The average molecular weight is 226 g/mol. The van der Waals surface area contributed by atoms with E-state index < -0.39 is 11.0 Å². The number of nitrogens with zero attached hydrogens (tertiary/aromatic N) is 2. The summed E-state index contributed by atoms with van der Waals surface area (Å²) in [7, 11) is 0. The van der Waals surface area contributed by atoms with Crippen molar-refractivity contribution in [3.8, 4) is 6.07 Å². The highest BCUT2D eigenvalue weighted by Crippen LogP contribution is 2.28. The second-order valence-corrected chi connectivity index (χ2v) is 3.37. The topological polar surface area (TPSA) is 93.0 Å². The maximum atomic E-state index is 10.7. The molecule has 1 aromatic rings.